The number of hydrogen-bond donors (Lipinski definition) is 1. The van der Waals surface area contributed by atoms with E-state index in [1.165, 1.54) is 6.07 Å². The van der Waals surface area contributed by atoms with Gasteiger partial charge >= 0.3 is 5.97 Å². The molecule has 0 radical (unpaired) electrons. The van der Waals surface area contributed by atoms with Crippen LogP contribution in [0.5, 0.6) is 0 Å². The van der Waals surface area contributed by atoms with Crippen LogP contribution in [-0.4, -0.2) is 34.2 Å². The molecule has 0 amide bonds. The maximum Gasteiger partial charge on any atom is 0.358 e. The van der Waals surface area contributed by atoms with E-state index in [-0.39, 0.29) is 5.69 Å². The molecule has 0 bridgehead atoms. The highest BCUT2D eigenvalue weighted by Gasteiger charge is 2.26. The Morgan fingerprint density at radius 2 is 2.19 bits per heavy atom. The molecule has 1 fully saturated rings. The molecule has 2 unspecified atom stereocenters. The molecule has 5 heteroatoms. The zero-order chi connectivity index (χ0) is 11.7. The fourth-order valence-electron chi connectivity index (χ4n) is 2.09. The van der Waals surface area contributed by atoms with Crippen molar-refractivity contribution in [3.05, 3.63) is 17.5 Å². The third kappa shape index (κ3) is 2.24. The van der Waals surface area contributed by atoms with Crippen molar-refractivity contribution in [1.29, 1.82) is 0 Å². The summed E-state index contributed by atoms with van der Waals surface area (Å²) >= 11 is 0. The smallest absolute Gasteiger partial charge is 0.358 e. The topological polar surface area (TPSA) is 66.6 Å². The quantitative estimate of drug-likeness (QED) is 0.841. The van der Waals surface area contributed by atoms with Crippen LogP contribution in [0.15, 0.2) is 10.6 Å². The molecule has 0 saturated carbocycles. The lowest BCUT2D eigenvalue weighted by molar-refractivity contribution is 0.0685. The Bertz CT molecular complexity index is 378. The lowest BCUT2D eigenvalue weighted by Crippen LogP contribution is -2.19. The van der Waals surface area contributed by atoms with Gasteiger partial charge in [0.2, 0.25) is 0 Å². The molecule has 2 rings (SSSR count). The largest absolute Gasteiger partial charge is 0.476 e. The Hall–Kier alpha value is -1.36. The minimum Gasteiger partial charge on any atom is -0.476 e. The van der Waals surface area contributed by atoms with Crippen LogP contribution in [0.3, 0.4) is 0 Å². The number of likely N-dealkylation sites (tertiary alicyclic amines) is 1. The Balaban J connectivity index is 1.97. The molecule has 1 aromatic rings. The van der Waals surface area contributed by atoms with Crippen LogP contribution in [-0.2, 0) is 6.54 Å². The van der Waals surface area contributed by atoms with Crippen molar-refractivity contribution in [2.75, 3.05) is 13.1 Å². The van der Waals surface area contributed by atoms with Gasteiger partial charge in [-0.1, -0.05) is 19.0 Å². The fraction of sp³-hybridized carbons (Fsp3) is 0.636. The predicted octanol–water partition coefficient (Wildman–Crippen LogP) is 1.46. The van der Waals surface area contributed by atoms with Crippen LogP contribution in [0.25, 0.3) is 0 Å². The van der Waals surface area contributed by atoms with Gasteiger partial charge in [-0.05, 0) is 11.8 Å². The van der Waals surface area contributed by atoms with Gasteiger partial charge < -0.3 is 9.63 Å². The van der Waals surface area contributed by atoms with Gasteiger partial charge in [-0.3, -0.25) is 4.90 Å². The molecule has 5 nitrogen and oxygen atoms in total. The molecular weight excluding hydrogens is 208 g/mol. The van der Waals surface area contributed by atoms with E-state index in [1.807, 2.05) is 0 Å². The standard InChI is InChI=1S/C11H16N2O3/c1-7-4-13(5-8(7)2)6-9-3-10(11(14)15)12-16-9/h3,7-8H,4-6H2,1-2H3,(H,14,15). The zero-order valence-electron chi connectivity index (χ0n) is 9.51. The zero-order valence-corrected chi connectivity index (χ0v) is 9.51. The first-order valence-corrected chi connectivity index (χ1v) is 5.47. The highest BCUT2D eigenvalue weighted by atomic mass is 16.5. The molecule has 1 aliphatic rings. The molecular formula is C11H16N2O3. The van der Waals surface area contributed by atoms with Gasteiger partial charge in [-0.2, -0.15) is 0 Å². The predicted molar refractivity (Wildman–Crippen MR) is 57.1 cm³/mol. The van der Waals surface area contributed by atoms with Crippen LogP contribution in [0, 0.1) is 11.8 Å². The second-order valence-corrected chi connectivity index (χ2v) is 4.63. The van der Waals surface area contributed by atoms with Crippen LogP contribution < -0.4 is 0 Å². The van der Waals surface area contributed by atoms with Crippen molar-refractivity contribution in [1.82, 2.24) is 10.1 Å². The summed E-state index contributed by atoms with van der Waals surface area (Å²) in [5, 5.41) is 12.2. The Morgan fingerprint density at radius 3 is 2.69 bits per heavy atom. The summed E-state index contributed by atoms with van der Waals surface area (Å²) in [6, 6.07) is 1.50. The molecule has 2 heterocycles. The molecule has 1 saturated heterocycles. The number of carbonyl (C=O) groups is 1. The third-order valence-corrected chi connectivity index (χ3v) is 3.22. The van der Waals surface area contributed by atoms with Crippen molar-refractivity contribution in [3.63, 3.8) is 0 Å². The number of carboxylic acids is 1. The maximum absolute atomic E-state index is 10.6. The SMILES string of the molecule is CC1CN(Cc2cc(C(=O)O)no2)CC1C. The summed E-state index contributed by atoms with van der Waals surface area (Å²) in [6.45, 7) is 7.17. The Kier molecular flexibility index (Phi) is 2.96. The van der Waals surface area contributed by atoms with Gasteiger partial charge in [0.15, 0.2) is 11.5 Å². The fourth-order valence-corrected chi connectivity index (χ4v) is 2.09. The summed E-state index contributed by atoms with van der Waals surface area (Å²) in [5.41, 5.74) is -0.0182. The van der Waals surface area contributed by atoms with E-state index in [9.17, 15) is 4.79 Å². The van der Waals surface area contributed by atoms with E-state index >= 15 is 0 Å². The number of nitrogens with zero attached hydrogens (tertiary/aromatic N) is 2. The van der Waals surface area contributed by atoms with Gasteiger partial charge in [0.25, 0.3) is 0 Å². The monoisotopic (exact) mass is 224 g/mol. The van der Waals surface area contributed by atoms with E-state index in [4.69, 9.17) is 9.63 Å². The van der Waals surface area contributed by atoms with Crippen LogP contribution >= 0.6 is 0 Å². The first-order chi connectivity index (χ1) is 7.56. The molecule has 2 atom stereocenters. The van der Waals surface area contributed by atoms with E-state index in [0.717, 1.165) is 13.1 Å². The molecule has 16 heavy (non-hydrogen) atoms. The molecule has 0 aromatic carbocycles. The van der Waals surface area contributed by atoms with Gasteiger partial charge in [-0.15, -0.1) is 0 Å². The first-order valence-electron chi connectivity index (χ1n) is 5.47. The van der Waals surface area contributed by atoms with Crippen molar-refractivity contribution >= 4 is 5.97 Å². The number of aromatic nitrogens is 1. The number of carboxylic acid groups (broad SMARTS) is 1. The number of aromatic carboxylic acids is 1. The molecule has 1 aromatic heterocycles. The van der Waals surface area contributed by atoms with Crippen molar-refractivity contribution in [2.45, 2.75) is 20.4 Å². The van der Waals surface area contributed by atoms with Gasteiger partial charge in [0.1, 0.15) is 0 Å². The van der Waals surface area contributed by atoms with E-state index in [0.29, 0.717) is 24.1 Å². The molecule has 1 aliphatic heterocycles. The lowest BCUT2D eigenvalue weighted by Gasteiger charge is -2.12. The van der Waals surface area contributed by atoms with Crippen molar-refractivity contribution in [2.24, 2.45) is 11.8 Å². The highest BCUT2D eigenvalue weighted by Crippen LogP contribution is 2.23. The van der Waals surface area contributed by atoms with Crippen LogP contribution in [0.2, 0.25) is 0 Å². The van der Waals surface area contributed by atoms with Crippen LogP contribution in [0.1, 0.15) is 30.1 Å². The number of hydrogen-bond acceptors (Lipinski definition) is 4. The Labute approximate surface area is 94.0 Å². The van der Waals surface area contributed by atoms with Crippen molar-refractivity contribution < 1.29 is 14.4 Å². The van der Waals surface area contributed by atoms with Gasteiger partial charge in [0.05, 0.1) is 6.54 Å². The van der Waals surface area contributed by atoms with E-state index in [2.05, 4.69) is 23.9 Å². The molecule has 88 valence electrons. The second kappa shape index (κ2) is 4.25. The van der Waals surface area contributed by atoms with Gasteiger partial charge in [0, 0.05) is 19.2 Å². The average molecular weight is 224 g/mol. The summed E-state index contributed by atoms with van der Waals surface area (Å²) < 4.78 is 4.99. The minimum absolute atomic E-state index is 0.0182. The number of rotatable bonds is 3. The molecule has 0 spiro atoms. The minimum atomic E-state index is -1.04. The maximum atomic E-state index is 10.6. The highest BCUT2D eigenvalue weighted by molar-refractivity contribution is 5.85. The lowest BCUT2D eigenvalue weighted by atomic mass is 10.0. The second-order valence-electron chi connectivity index (χ2n) is 4.63. The third-order valence-electron chi connectivity index (χ3n) is 3.22. The summed E-state index contributed by atoms with van der Waals surface area (Å²) in [7, 11) is 0. The average Bonchev–Trinajstić information content (AvgIpc) is 2.76. The van der Waals surface area contributed by atoms with E-state index in [1.54, 1.807) is 0 Å². The first kappa shape index (κ1) is 11.1. The van der Waals surface area contributed by atoms with E-state index < -0.39 is 5.97 Å². The van der Waals surface area contributed by atoms with Gasteiger partial charge in [-0.25, -0.2) is 4.79 Å². The molecule has 1 N–H and O–H groups in total. The van der Waals surface area contributed by atoms with Crippen molar-refractivity contribution in [3.8, 4) is 0 Å². The summed E-state index contributed by atoms with van der Waals surface area (Å²) in [4.78, 5) is 12.9. The summed E-state index contributed by atoms with van der Waals surface area (Å²) in [5.74, 6) is 0.945. The summed E-state index contributed by atoms with van der Waals surface area (Å²) in [6.07, 6.45) is 0. The molecule has 0 aliphatic carbocycles. The van der Waals surface area contributed by atoms with Crippen LogP contribution in [0.4, 0.5) is 0 Å². The normalized spacial score (nSPS) is 26.1. The Morgan fingerprint density at radius 1 is 1.56 bits per heavy atom.